The Hall–Kier alpha value is -2.50. The summed E-state index contributed by atoms with van der Waals surface area (Å²) < 4.78 is 0. The van der Waals surface area contributed by atoms with E-state index >= 15 is 0 Å². The Morgan fingerprint density at radius 2 is 1.74 bits per heavy atom. The number of anilines is 2. The van der Waals surface area contributed by atoms with E-state index in [2.05, 4.69) is 15.2 Å². The van der Waals surface area contributed by atoms with E-state index in [1.54, 1.807) is 29.2 Å². The Kier molecular flexibility index (Phi) is 3.41. The molecule has 1 heterocycles. The number of aromatic nitrogens is 3. The van der Waals surface area contributed by atoms with Gasteiger partial charge in [-0.15, -0.1) is 5.10 Å². The fourth-order valence-corrected chi connectivity index (χ4v) is 1.53. The number of aryl methyl sites for hydroxylation is 2. The van der Waals surface area contributed by atoms with Gasteiger partial charge in [0.1, 0.15) is 0 Å². The number of rotatable bonds is 3. The lowest BCUT2D eigenvalue weighted by atomic mass is 10.2. The summed E-state index contributed by atoms with van der Waals surface area (Å²) in [5.41, 5.74) is 2.66. The van der Waals surface area contributed by atoms with Crippen LogP contribution >= 0.6 is 0 Å². The molecular formula is C13H14N4O2. The summed E-state index contributed by atoms with van der Waals surface area (Å²) in [6, 6.07) is 6.51. The molecule has 19 heavy (non-hydrogen) atoms. The van der Waals surface area contributed by atoms with E-state index in [9.17, 15) is 4.79 Å². The molecule has 0 bridgehead atoms. The van der Waals surface area contributed by atoms with Crippen molar-refractivity contribution < 1.29 is 9.90 Å². The summed E-state index contributed by atoms with van der Waals surface area (Å²) in [7, 11) is 1.81. The first-order valence-electron chi connectivity index (χ1n) is 5.74. The average Bonchev–Trinajstić information content (AvgIpc) is 2.41. The molecule has 1 aromatic heterocycles. The van der Waals surface area contributed by atoms with E-state index in [0.717, 1.165) is 17.1 Å². The molecule has 0 amide bonds. The lowest BCUT2D eigenvalue weighted by Crippen LogP contribution is -2.15. The largest absolute Gasteiger partial charge is 0.478 e. The fourth-order valence-electron chi connectivity index (χ4n) is 1.53. The molecule has 0 saturated heterocycles. The third-order valence-electron chi connectivity index (χ3n) is 2.88. The predicted octanol–water partition coefficient (Wildman–Crippen LogP) is 1.95. The summed E-state index contributed by atoms with van der Waals surface area (Å²) in [5, 5.41) is 16.9. The van der Waals surface area contributed by atoms with Gasteiger partial charge in [0.2, 0.25) is 5.95 Å². The minimum Gasteiger partial charge on any atom is -0.478 e. The first-order chi connectivity index (χ1) is 8.99. The maximum atomic E-state index is 10.8. The number of hydrogen-bond acceptors (Lipinski definition) is 5. The Morgan fingerprint density at radius 1 is 1.11 bits per heavy atom. The normalized spacial score (nSPS) is 10.3. The number of nitrogens with zero attached hydrogens (tertiary/aromatic N) is 4. The van der Waals surface area contributed by atoms with Crippen LogP contribution in [0.4, 0.5) is 11.6 Å². The topological polar surface area (TPSA) is 79.2 Å². The number of carboxylic acids is 1. The molecule has 0 aliphatic rings. The summed E-state index contributed by atoms with van der Waals surface area (Å²) in [6.45, 7) is 3.72. The number of carboxylic acid groups (broad SMARTS) is 1. The number of aromatic carboxylic acids is 1. The highest BCUT2D eigenvalue weighted by atomic mass is 16.4. The van der Waals surface area contributed by atoms with Crippen LogP contribution < -0.4 is 4.90 Å². The first-order valence-corrected chi connectivity index (χ1v) is 5.74. The van der Waals surface area contributed by atoms with Crippen LogP contribution in [0.2, 0.25) is 0 Å². The van der Waals surface area contributed by atoms with Crippen molar-refractivity contribution in [3.63, 3.8) is 0 Å². The molecular weight excluding hydrogens is 244 g/mol. The van der Waals surface area contributed by atoms with Gasteiger partial charge in [-0.05, 0) is 38.1 Å². The van der Waals surface area contributed by atoms with Crippen LogP contribution in [0.5, 0.6) is 0 Å². The van der Waals surface area contributed by atoms with E-state index in [4.69, 9.17) is 5.11 Å². The van der Waals surface area contributed by atoms with Gasteiger partial charge >= 0.3 is 5.97 Å². The van der Waals surface area contributed by atoms with Crippen LogP contribution in [0, 0.1) is 13.8 Å². The Balaban J connectivity index is 2.30. The minimum absolute atomic E-state index is 0.247. The molecule has 0 aliphatic carbocycles. The van der Waals surface area contributed by atoms with Gasteiger partial charge in [0, 0.05) is 12.7 Å². The Bertz CT molecular complexity index is 611. The molecule has 6 heteroatoms. The van der Waals surface area contributed by atoms with E-state index in [1.807, 2.05) is 20.9 Å². The summed E-state index contributed by atoms with van der Waals surface area (Å²) >= 11 is 0. The third kappa shape index (κ3) is 2.67. The molecule has 2 rings (SSSR count). The molecule has 1 aromatic carbocycles. The van der Waals surface area contributed by atoms with Gasteiger partial charge < -0.3 is 10.0 Å². The fraction of sp³-hybridized carbons (Fsp3) is 0.231. The van der Waals surface area contributed by atoms with Crippen molar-refractivity contribution in [1.29, 1.82) is 0 Å². The van der Waals surface area contributed by atoms with Gasteiger partial charge in [-0.2, -0.15) is 5.10 Å². The highest BCUT2D eigenvalue weighted by Crippen LogP contribution is 2.20. The zero-order valence-electron chi connectivity index (χ0n) is 11.0. The van der Waals surface area contributed by atoms with Crippen molar-refractivity contribution in [3.8, 4) is 0 Å². The van der Waals surface area contributed by atoms with Crippen LogP contribution in [0.3, 0.4) is 0 Å². The Labute approximate surface area is 110 Å². The molecule has 2 aromatic rings. The Morgan fingerprint density at radius 3 is 2.26 bits per heavy atom. The molecule has 98 valence electrons. The van der Waals surface area contributed by atoms with E-state index in [-0.39, 0.29) is 5.56 Å². The van der Waals surface area contributed by atoms with Crippen LogP contribution in [0.15, 0.2) is 24.3 Å². The van der Waals surface area contributed by atoms with Crippen molar-refractivity contribution in [2.75, 3.05) is 11.9 Å². The second kappa shape index (κ2) is 5.01. The van der Waals surface area contributed by atoms with Gasteiger partial charge in [-0.1, -0.05) is 0 Å². The first kappa shape index (κ1) is 12.9. The van der Waals surface area contributed by atoms with Crippen LogP contribution in [-0.2, 0) is 0 Å². The van der Waals surface area contributed by atoms with E-state index in [0.29, 0.717) is 5.95 Å². The zero-order valence-corrected chi connectivity index (χ0v) is 11.0. The van der Waals surface area contributed by atoms with Gasteiger partial charge in [0.05, 0.1) is 17.0 Å². The maximum Gasteiger partial charge on any atom is 0.335 e. The van der Waals surface area contributed by atoms with Crippen molar-refractivity contribution in [3.05, 3.63) is 41.2 Å². The molecule has 0 atom stereocenters. The van der Waals surface area contributed by atoms with Crippen LogP contribution in [-0.4, -0.2) is 33.3 Å². The van der Waals surface area contributed by atoms with Crippen molar-refractivity contribution in [2.45, 2.75) is 13.8 Å². The van der Waals surface area contributed by atoms with Crippen LogP contribution in [0.25, 0.3) is 0 Å². The lowest BCUT2D eigenvalue weighted by molar-refractivity contribution is 0.0697. The van der Waals surface area contributed by atoms with Gasteiger partial charge in [0.15, 0.2) is 0 Å². The van der Waals surface area contributed by atoms with Gasteiger partial charge in [-0.25, -0.2) is 9.78 Å². The SMILES string of the molecule is Cc1nnc(N(C)c2ccc(C(=O)O)cc2)nc1C. The smallest absolute Gasteiger partial charge is 0.335 e. The lowest BCUT2D eigenvalue weighted by Gasteiger charge is -2.17. The molecule has 0 aliphatic heterocycles. The standard InChI is InChI=1S/C13H14N4O2/c1-8-9(2)15-16-13(14-8)17(3)11-6-4-10(5-7-11)12(18)19/h4-7H,1-3H3,(H,18,19). The highest BCUT2D eigenvalue weighted by molar-refractivity contribution is 5.88. The van der Waals surface area contributed by atoms with Crippen molar-refractivity contribution in [1.82, 2.24) is 15.2 Å². The van der Waals surface area contributed by atoms with E-state index in [1.165, 1.54) is 0 Å². The molecule has 0 fully saturated rings. The predicted molar refractivity (Wildman–Crippen MR) is 70.8 cm³/mol. The third-order valence-corrected chi connectivity index (χ3v) is 2.88. The van der Waals surface area contributed by atoms with E-state index < -0.39 is 5.97 Å². The second-order valence-corrected chi connectivity index (χ2v) is 4.19. The quantitative estimate of drug-likeness (QED) is 0.906. The molecule has 0 saturated carbocycles. The second-order valence-electron chi connectivity index (χ2n) is 4.19. The van der Waals surface area contributed by atoms with Crippen molar-refractivity contribution >= 4 is 17.6 Å². The van der Waals surface area contributed by atoms with Gasteiger partial charge in [0.25, 0.3) is 0 Å². The highest BCUT2D eigenvalue weighted by Gasteiger charge is 2.10. The van der Waals surface area contributed by atoms with Crippen LogP contribution in [0.1, 0.15) is 21.7 Å². The summed E-state index contributed by atoms with van der Waals surface area (Å²) in [6.07, 6.45) is 0. The summed E-state index contributed by atoms with van der Waals surface area (Å²) in [4.78, 5) is 16.9. The zero-order chi connectivity index (χ0) is 14.0. The molecule has 0 radical (unpaired) electrons. The van der Waals surface area contributed by atoms with Gasteiger partial charge in [-0.3, -0.25) is 0 Å². The molecule has 6 nitrogen and oxygen atoms in total. The summed E-state index contributed by atoms with van der Waals surface area (Å²) in [5.74, 6) is -0.468. The number of carbonyl (C=O) groups is 1. The molecule has 0 unspecified atom stereocenters. The number of benzene rings is 1. The maximum absolute atomic E-state index is 10.8. The number of hydrogen-bond donors (Lipinski definition) is 1. The monoisotopic (exact) mass is 258 g/mol. The molecule has 0 spiro atoms. The van der Waals surface area contributed by atoms with Crippen molar-refractivity contribution in [2.24, 2.45) is 0 Å². The average molecular weight is 258 g/mol. The molecule has 1 N–H and O–H groups in total. The minimum atomic E-state index is -0.946.